The predicted molar refractivity (Wildman–Crippen MR) is 145 cm³/mol. The number of carbonyl (C=O) groups is 2. The van der Waals surface area contributed by atoms with Crippen LogP contribution < -0.4 is 14.8 Å². The molecule has 2 atom stereocenters. The van der Waals surface area contributed by atoms with Crippen molar-refractivity contribution < 1.29 is 38.8 Å². The largest absolute Gasteiger partial charge is 0.497 e. The molecule has 210 valence electrons. The minimum atomic E-state index is -1.18. The van der Waals surface area contributed by atoms with Crippen molar-refractivity contribution in [3.05, 3.63) is 65.6 Å². The van der Waals surface area contributed by atoms with Crippen LogP contribution in [0.15, 0.2) is 48.5 Å². The van der Waals surface area contributed by atoms with Gasteiger partial charge in [0.05, 0.1) is 38.4 Å². The fourth-order valence-corrected chi connectivity index (χ4v) is 4.54. The fourth-order valence-electron chi connectivity index (χ4n) is 4.54. The normalized spacial score (nSPS) is 12.7. The van der Waals surface area contributed by atoms with Gasteiger partial charge in [0.25, 0.3) is 5.91 Å². The van der Waals surface area contributed by atoms with Gasteiger partial charge in [0.15, 0.2) is 0 Å². The average molecular weight is 543 g/mol. The number of aliphatic hydroxyl groups excluding tert-OH is 2. The van der Waals surface area contributed by atoms with Crippen molar-refractivity contribution in [3.63, 3.8) is 0 Å². The number of benzene rings is 2. The molecule has 2 aromatic carbocycles. The average Bonchev–Trinajstić information content (AvgIpc) is 3.27. The molecule has 0 aliphatic rings. The third-order valence-electron chi connectivity index (χ3n) is 6.32. The van der Waals surface area contributed by atoms with Crippen molar-refractivity contribution in [2.75, 3.05) is 19.5 Å². The lowest BCUT2D eigenvalue weighted by molar-refractivity contribution is -0.139. The van der Waals surface area contributed by atoms with Gasteiger partial charge in [-0.05, 0) is 54.7 Å². The second-order valence-electron chi connectivity index (χ2n) is 9.63. The van der Waals surface area contributed by atoms with Crippen LogP contribution in [0.2, 0.25) is 0 Å². The molecule has 0 saturated heterocycles. The van der Waals surface area contributed by atoms with Gasteiger partial charge in [-0.1, -0.05) is 13.8 Å². The lowest BCUT2D eigenvalue weighted by Crippen LogP contribution is -2.22. The summed E-state index contributed by atoms with van der Waals surface area (Å²) in [6, 6.07) is 12.7. The third kappa shape index (κ3) is 7.81. The molecule has 10 heteroatoms. The molecule has 3 aromatic rings. The highest BCUT2D eigenvalue weighted by molar-refractivity contribution is 6.06. The summed E-state index contributed by atoms with van der Waals surface area (Å²) in [7, 11) is 3.03. The zero-order chi connectivity index (χ0) is 28.7. The minimum Gasteiger partial charge on any atom is -0.497 e. The number of rotatable bonds is 13. The number of nitrogens with one attached hydrogen (secondary N) is 1. The first-order valence-corrected chi connectivity index (χ1v) is 12.6. The molecule has 0 unspecified atom stereocenters. The Morgan fingerprint density at radius 3 is 2.13 bits per heavy atom. The van der Waals surface area contributed by atoms with E-state index in [1.165, 1.54) is 26.4 Å². The van der Waals surface area contributed by atoms with Crippen molar-refractivity contribution in [2.45, 2.75) is 57.8 Å². The van der Waals surface area contributed by atoms with E-state index in [2.05, 4.69) is 5.32 Å². The Labute approximate surface area is 226 Å². The molecule has 1 amide bonds. The number of aliphatic carboxylic acids is 1. The van der Waals surface area contributed by atoms with Crippen molar-refractivity contribution in [2.24, 2.45) is 0 Å². The molecule has 0 fully saturated rings. The number of carboxylic acid groups (broad SMARTS) is 1. The van der Waals surface area contributed by atoms with Crippen molar-refractivity contribution in [3.8, 4) is 22.8 Å². The maximum atomic E-state index is 13.7. The summed E-state index contributed by atoms with van der Waals surface area (Å²) in [5.74, 6) is -0.989. The van der Waals surface area contributed by atoms with Crippen LogP contribution in [-0.2, 0) is 11.3 Å². The highest BCUT2D eigenvalue weighted by Gasteiger charge is 2.25. The molecule has 0 aliphatic carbocycles. The third-order valence-corrected chi connectivity index (χ3v) is 6.32. The van der Waals surface area contributed by atoms with Crippen LogP contribution in [0, 0.1) is 5.82 Å². The van der Waals surface area contributed by atoms with Crippen molar-refractivity contribution in [1.82, 2.24) is 4.57 Å². The van der Waals surface area contributed by atoms with E-state index < -0.39 is 30.4 Å². The SMILES string of the molecule is COc1cc(NC(=O)c2cc(-c3ccc(F)cc3)n(CC[C@@H](O)C[C@@H](O)CC(=O)O)c2C(C)C)cc(OC)c1. The lowest BCUT2D eigenvalue weighted by atomic mass is 10.0. The molecule has 0 spiro atoms. The number of nitrogens with zero attached hydrogens (tertiary/aromatic N) is 1. The van der Waals surface area contributed by atoms with Crippen LogP contribution in [0.25, 0.3) is 11.3 Å². The number of hydrogen-bond acceptors (Lipinski definition) is 6. The van der Waals surface area contributed by atoms with E-state index in [0.29, 0.717) is 39.7 Å². The Bertz CT molecular complexity index is 1270. The summed E-state index contributed by atoms with van der Waals surface area (Å²) in [4.78, 5) is 24.4. The molecular weight excluding hydrogens is 507 g/mol. The topological polar surface area (TPSA) is 130 Å². The number of carbonyl (C=O) groups excluding carboxylic acids is 1. The van der Waals surface area contributed by atoms with E-state index in [1.54, 1.807) is 36.4 Å². The number of anilines is 1. The standard InChI is InChI=1S/C29H35FN2O7/c1-17(2)28-25(29(37)31-20-11-23(38-3)15-24(12-20)39-4)16-26(18-5-7-19(30)8-6-18)32(28)10-9-21(33)13-22(34)14-27(35)36/h5-8,11-12,15-17,21-22,33-34H,9-10,13-14H2,1-4H3,(H,31,37)(H,35,36)/t21-,22-/m1/s1. The van der Waals surface area contributed by atoms with Gasteiger partial charge in [0.1, 0.15) is 17.3 Å². The zero-order valence-electron chi connectivity index (χ0n) is 22.5. The molecular formula is C29H35FN2O7. The van der Waals surface area contributed by atoms with Crippen LogP contribution in [-0.4, -0.2) is 58.2 Å². The van der Waals surface area contributed by atoms with Gasteiger partial charge in [-0.2, -0.15) is 0 Å². The number of aliphatic hydroxyl groups is 2. The number of amides is 1. The van der Waals surface area contributed by atoms with Crippen LogP contribution in [0.1, 0.15) is 55.1 Å². The van der Waals surface area contributed by atoms with Gasteiger partial charge in [-0.15, -0.1) is 0 Å². The maximum Gasteiger partial charge on any atom is 0.305 e. The Kier molecular flexibility index (Phi) is 10.1. The van der Waals surface area contributed by atoms with Gasteiger partial charge < -0.3 is 34.7 Å². The molecule has 9 nitrogen and oxygen atoms in total. The first-order chi connectivity index (χ1) is 18.5. The lowest BCUT2D eigenvalue weighted by Gasteiger charge is -2.20. The van der Waals surface area contributed by atoms with E-state index in [-0.39, 0.29) is 31.2 Å². The van der Waals surface area contributed by atoms with Crippen LogP contribution >= 0.6 is 0 Å². The summed E-state index contributed by atoms with van der Waals surface area (Å²) in [6.45, 7) is 4.17. The van der Waals surface area contributed by atoms with E-state index in [0.717, 1.165) is 0 Å². The molecule has 0 radical (unpaired) electrons. The van der Waals surface area contributed by atoms with Crippen LogP contribution in [0.5, 0.6) is 11.5 Å². The van der Waals surface area contributed by atoms with E-state index in [1.807, 2.05) is 18.4 Å². The summed E-state index contributed by atoms with van der Waals surface area (Å²) in [5.41, 5.74) is 2.93. The van der Waals surface area contributed by atoms with Crippen LogP contribution in [0.4, 0.5) is 10.1 Å². The minimum absolute atomic E-state index is 0.0958. The van der Waals surface area contributed by atoms with E-state index in [9.17, 15) is 24.2 Å². The molecule has 1 aromatic heterocycles. The molecule has 39 heavy (non-hydrogen) atoms. The van der Waals surface area contributed by atoms with E-state index >= 15 is 0 Å². The zero-order valence-corrected chi connectivity index (χ0v) is 22.5. The second kappa shape index (κ2) is 13.3. The van der Waals surface area contributed by atoms with Gasteiger partial charge in [0, 0.05) is 41.8 Å². The van der Waals surface area contributed by atoms with E-state index in [4.69, 9.17) is 14.6 Å². The van der Waals surface area contributed by atoms with Crippen LogP contribution in [0.3, 0.4) is 0 Å². The Morgan fingerprint density at radius 2 is 1.59 bits per heavy atom. The van der Waals surface area contributed by atoms with Gasteiger partial charge in [-0.3, -0.25) is 9.59 Å². The molecule has 0 aliphatic heterocycles. The summed E-state index contributed by atoms with van der Waals surface area (Å²) < 4.78 is 26.2. The number of hydrogen-bond donors (Lipinski definition) is 4. The summed E-state index contributed by atoms with van der Waals surface area (Å²) in [6.07, 6.45) is -2.50. The molecule has 0 bridgehead atoms. The van der Waals surface area contributed by atoms with Crippen molar-refractivity contribution >= 4 is 17.6 Å². The Morgan fingerprint density at radius 1 is 0.974 bits per heavy atom. The Balaban J connectivity index is 1.99. The quantitative estimate of drug-likeness (QED) is 0.247. The summed E-state index contributed by atoms with van der Waals surface area (Å²) in [5, 5.41) is 32.2. The number of carboxylic acids is 1. The first-order valence-electron chi connectivity index (χ1n) is 12.6. The van der Waals surface area contributed by atoms with Gasteiger partial charge in [-0.25, -0.2) is 4.39 Å². The number of halogens is 1. The highest BCUT2D eigenvalue weighted by atomic mass is 19.1. The number of methoxy groups -OCH3 is 2. The first kappa shape index (κ1) is 29.7. The monoisotopic (exact) mass is 542 g/mol. The van der Waals surface area contributed by atoms with Crippen molar-refractivity contribution in [1.29, 1.82) is 0 Å². The maximum absolute atomic E-state index is 13.7. The molecule has 4 N–H and O–H groups in total. The fraction of sp³-hybridized carbons (Fsp3) is 0.379. The second-order valence-corrected chi connectivity index (χ2v) is 9.63. The Hall–Kier alpha value is -3.89. The van der Waals surface area contributed by atoms with Gasteiger partial charge in [0.2, 0.25) is 0 Å². The summed E-state index contributed by atoms with van der Waals surface area (Å²) >= 11 is 0. The highest BCUT2D eigenvalue weighted by Crippen LogP contribution is 2.33. The molecule has 0 saturated carbocycles. The molecule has 3 rings (SSSR count). The van der Waals surface area contributed by atoms with Gasteiger partial charge >= 0.3 is 5.97 Å². The number of aromatic nitrogens is 1. The molecule has 1 heterocycles. The smallest absolute Gasteiger partial charge is 0.305 e. The predicted octanol–water partition coefficient (Wildman–Crippen LogP) is 4.66. The number of ether oxygens (including phenoxy) is 2.